The quantitative estimate of drug-likeness (QED) is 0.256. The van der Waals surface area contributed by atoms with Crippen LogP contribution in [-0.4, -0.2) is 94.4 Å². The fraction of sp³-hybridized carbons (Fsp3) is 0.353. The predicted molar refractivity (Wildman–Crippen MR) is 181 cm³/mol. The Kier molecular flexibility index (Phi) is 9.98. The lowest BCUT2D eigenvalue weighted by Gasteiger charge is -2.34. The Morgan fingerprint density at radius 3 is 2.31 bits per heavy atom. The molecular formula is C34H35Cl2F2N7O3. The number of halogens is 4. The van der Waals surface area contributed by atoms with E-state index in [1.54, 1.807) is 12.1 Å². The summed E-state index contributed by atoms with van der Waals surface area (Å²) in [7, 11) is 5.42. The van der Waals surface area contributed by atoms with E-state index in [1.807, 2.05) is 55.1 Å². The molecule has 0 unspecified atom stereocenters. The van der Waals surface area contributed by atoms with Gasteiger partial charge < -0.3 is 24.4 Å². The van der Waals surface area contributed by atoms with E-state index < -0.39 is 12.3 Å². The third-order valence-electron chi connectivity index (χ3n) is 8.86. The van der Waals surface area contributed by atoms with Crippen LogP contribution in [-0.2, 0) is 31.4 Å². The first-order chi connectivity index (χ1) is 23.0. The molecule has 2 aromatic carbocycles. The highest BCUT2D eigenvalue weighted by atomic mass is 35.5. The van der Waals surface area contributed by atoms with Gasteiger partial charge in [0.05, 0.1) is 34.2 Å². The molecule has 1 fully saturated rings. The molecule has 1 saturated heterocycles. The molecule has 14 heteroatoms. The first-order valence-electron chi connectivity index (χ1n) is 15.5. The van der Waals surface area contributed by atoms with Gasteiger partial charge >= 0.3 is 6.43 Å². The van der Waals surface area contributed by atoms with E-state index in [9.17, 15) is 18.4 Å². The Morgan fingerprint density at radius 1 is 0.917 bits per heavy atom. The van der Waals surface area contributed by atoms with Crippen LogP contribution in [0.1, 0.15) is 27.6 Å². The zero-order valence-electron chi connectivity index (χ0n) is 26.8. The van der Waals surface area contributed by atoms with E-state index in [2.05, 4.69) is 20.1 Å². The van der Waals surface area contributed by atoms with E-state index in [1.165, 1.54) is 12.0 Å². The average molecular weight is 699 g/mol. The molecule has 0 aliphatic carbocycles. The van der Waals surface area contributed by atoms with Gasteiger partial charge in [-0.25, -0.2) is 9.97 Å². The highest BCUT2D eigenvalue weighted by molar-refractivity contribution is 6.39. The number of nitrogens with one attached hydrogen (secondary N) is 1. The van der Waals surface area contributed by atoms with Crippen LogP contribution in [0.4, 0.5) is 14.5 Å². The molecule has 1 N–H and O–H groups in total. The number of nitrogens with zero attached hydrogens (tertiary/aromatic N) is 6. The minimum absolute atomic E-state index is 0.232. The van der Waals surface area contributed by atoms with Crippen LogP contribution in [0.25, 0.3) is 22.4 Å². The molecule has 2 amide bonds. The number of fused-ring (bicyclic) bond motifs is 1. The number of carbonyl (C=O) groups excluding carboxylic acids is 2. The number of amides is 2. The van der Waals surface area contributed by atoms with Crippen molar-refractivity contribution in [1.29, 1.82) is 0 Å². The number of methoxy groups -OCH3 is 1. The monoisotopic (exact) mass is 697 g/mol. The highest BCUT2D eigenvalue weighted by Gasteiger charge is 2.28. The van der Waals surface area contributed by atoms with Gasteiger partial charge in [0.25, 0.3) is 11.8 Å². The van der Waals surface area contributed by atoms with Gasteiger partial charge in [0, 0.05) is 87.2 Å². The molecular weight excluding hydrogens is 663 g/mol. The second-order valence-electron chi connectivity index (χ2n) is 11.9. The summed E-state index contributed by atoms with van der Waals surface area (Å²) in [6.45, 7) is 3.45. The molecule has 10 nitrogen and oxygen atoms in total. The van der Waals surface area contributed by atoms with E-state index in [-0.39, 0.29) is 19.0 Å². The van der Waals surface area contributed by atoms with Crippen LogP contribution in [0.5, 0.6) is 5.88 Å². The van der Waals surface area contributed by atoms with Gasteiger partial charge in [-0.3, -0.25) is 14.5 Å². The third kappa shape index (κ3) is 6.75. The molecule has 48 heavy (non-hydrogen) atoms. The molecule has 6 rings (SSSR count). The number of piperazine rings is 1. The van der Waals surface area contributed by atoms with Crippen LogP contribution in [0.15, 0.2) is 48.5 Å². The van der Waals surface area contributed by atoms with Crippen molar-refractivity contribution in [3.8, 4) is 28.3 Å². The number of carbonyl (C=O) groups is 2. The average Bonchev–Trinajstić information content (AvgIpc) is 3.41. The normalized spacial score (nSPS) is 15.5. The summed E-state index contributed by atoms with van der Waals surface area (Å²) >= 11 is 13.9. The number of imidazole rings is 1. The summed E-state index contributed by atoms with van der Waals surface area (Å²) in [6, 6.07) is 14.7. The number of anilines is 1. The molecule has 2 aliphatic rings. The Hall–Kier alpha value is -4.10. The lowest BCUT2D eigenvalue weighted by molar-refractivity contribution is -0.144. The number of alkyl halides is 2. The number of aromatic nitrogens is 3. The summed E-state index contributed by atoms with van der Waals surface area (Å²) < 4.78 is 33.1. The molecule has 0 bridgehead atoms. The predicted octanol–water partition coefficient (Wildman–Crippen LogP) is 5.61. The minimum atomic E-state index is -3.00. The Morgan fingerprint density at radius 2 is 1.60 bits per heavy atom. The zero-order chi connectivity index (χ0) is 34.1. The van der Waals surface area contributed by atoms with Crippen molar-refractivity contribution < 1.29 is 23.1 Å². The molecule has 0 radical (unpaired) electrons. The summed E-state index contributed by atoms with van der Waals surface area (Å²) in [5.41, 5.74) is 5.75. The van der Waals surface area contributed by atoms with E-state index in [0.29, 0.717) is 76.0 Å². The van der Waals surface area contributed by atoms with Gasteiger partial charge in [0.1, 0.15) is 0 Å². The fourth-order valence-electron chi connectivity index (χ4n) is 6.24. The fourth-order valence-corrected chi connectivity index (χ4v) is 6.84. The third-order valence-corrected chi connectivity index (χ3v) is 9.67. The number of rotatable bonds is 8. The minimum Gasteiger partial charge on any atom is -0.481 e. The maximum Gasteiger partial charge on any atom is 0.315 e. The van der Waals surface area contributed by atoms with Crippen molar-refractivity contribution in [2.24, 2.45) is 7.05 Å². The highest BCUT2D eigenvalue weighted by Crippen LogP contribution is 2.41. The largest absolute Gasteiger partial charge is 0.481 e. The van der Waals surface area contributed by atoms with Crippen LogP contribution in [0.2, 0.25) is 10.0 Å². The Bertz CT molecular complexity index is 1860. The van der Waals surface area contributed by atoms with Crippen LogP contribution in [0.3, 0.4) is 0 Å². The number of benzene rings is 2. The second kappa shape index (κ2) is 14.2. The molecule has 252 valence electrons. The Balaban J connectivity index is 1.21. The van der Waals surface area contributed by atoms with Crippen molar-refractivity contribution in [2.75, 3.05) is 52.2 Å². The maximum absolute atomic E-state index is 13.4. The van der Waals surface area contributed by atoms with Crippen molar-refractivity contribution in [2.45, 2.75) is 25.9 Å². The summed E-state index contributed by atoms with van der Waals surface area (Å²) in [5, 5.41) is 3.69. The Labute approximate surface area is 287 Å². The summed E-state index contributed by atoms with van der Waals surface area (Å²) in [6.07, 6.45) is -2.17. The van der Waals surface area contributed by atoms with Crippen molar-refractivity contribution in [3.63, 3.8) is 0 Å². The van der Waals surface area contributed by atoms with Crippen LogP contribution < -0.4 is 10.1 Å². The SMILES string of the molecule is COc1nc(-c2cccc(-c3cccc(NC(=O)c4nc5c(n4C)CCN(C)C5)c3Cl)c2Cl)ccc1CN1CCN(C(=O)C(F)F)CC1. The smallest absolute Gasteiger partial charge is 0.315 e. The topological polar surface area (TPSA) is 95.8 Å². The number of hydrogen-bond donors (Lipinski definition) is 1. The summed E-state index contributed by atoms with van der Waals surface area (Å²) in [4.78, 5) is 39.8. The molecule has 0 atom stereocenters. The lowest BCUT2D eigenvalue weighted by atomic mass is 10.00. The standard InChI is InChI=1S/C34H35Cl2F2N7O3/c1-42-13-12-27-26(19-42)39-31(43(27)2)32(46)40-25-9-5-7-22(29(25)36)21-6-4-8-23(28(21)35)24-11-10-20(33(41-24)48-3)18-44-14-16-45(17-15-44)34(47)30(37)38/h4-11,30H,12-19H2,1-3H3,(H,40,46). The first-order valence-corrected chi connectivity index (χ1v) is 16.3. The van der Waals surface area contributed by atoms with Gasteiger partial charge in [0.15, 0.2) is 5.82 Å². The van der Waals surface area contributed by atoms with Gasteiger partial charge in [-0.15, -0.1) is 0 Å². The van der Waals surface area contributed by atoms with Crippen LogP contribution in [0, 0.1) is 0 Å². The van der Waals surface area contributed by atoms with Gasteiger partial charge in [-0.2, -0.15) is 8.78 Å². The van der Waals surface area contributed by atoms with E-state index >= 15 is 0 Å². The van der Waals surface area contributed by atoms with Gasteiger partial charge in [0.2, 0.25) is 5.88 Å². The van der Waals surface area contributed by atoms with Gasteiger partial charge in [-0.05, 0) is 19.2 Å². The molecule has 0 spiro atoms. The maximum atomic E-state index is 13.4. The number of pyridine rings is 1. The molecule has 2 aromatic heterocycles. The zero-order valence-corrected chi connectivity index (χ0v) is 28.3. The van der Waals surface area contributed by atoms with Crippen molar-refractivity contribution >= 4 is 40.7 Å². The number of ether oxygens (including phenoxy) is 1. The van der Waals surface area contributed by atoms with Crippen LogP contribution >= 0.6 is 23.2 Å². The van der Waals surface area contributed by atoms with E-state index in [0.717, 1.165) is 29.9 Å². The number of hydrogen-bond acceptors (Lipinski definition) is 7. The second-order valence-corrected chi connectivity index (χ2v) is 12.7. The van der Waals surface area contributed by atoms with Gasteiger partial charge in [-0.1, -0.05) is 59.6 Å². The summed E-state index contributed by atoms with van der Waals surface area (Å²) in [5.74, 6) is -0.755. The molecule has 2 aliphatic heterocycles. The molecule has 4 heterocycles. The molecule has 0 saturated carbocycles. The molecule has 4 aromatic rings. The van der Waals surface area contributed by atoms with E-state index in [4.69, 9.17) is 32.9 Å². The first kappa shape index (κ1) is 33.8. The van der Waals surface area contributed by atoms with Crippen molar-refractivity contribution in [3.05, 3.63) is 81.4 Å². The van der Waals surface area contributed by atoms with Crippen molar-refractivity contribution in [1.82, 2.24) is 29.2 Å². The number of likely N-dealkylation sites (N-methyl/N-ethyl adjacent to an activating group) is 1. The lowest BCUT2D eigenvalue weighted by Crippen LogP contribution is -2.49.